The van der Waals surface area contributed by atoms with Gasteiger partial charge in [-0.3, -0.25) is 0 Å². The standard InChI is InChI=1S/C17H25N3O/c1-16(2-3-18-10-16)15-19-14(20-21-15)17-7-11-4-12(8-17)6-13(5-11)9-17/h11-13,18H,2-10H2,1H3. The predicted octanol–water partition coefficient (Wildman–Crippen LogP) is 2.79. The number of hydrogen-bond donors (Lipinski definition) is 1. The Hall–Kier alpha value is -0.900. The first-order valence-electron chi connectivity index (χ1n) is 8.71. The third-order valence-corrected chi connectivity index (χ3v) is 6.82. The molecule has 2 heterocycles. The van der Waals surface area contributed by atoms with E-state index in [0.717, 1.165) is 49.0 Å². The average Bonchev–Trinajstić information content (AvgIpc) is 3.06. The third kappa shape index (κ3) is 1.77. The molecule has 1 saturated heterocycles. The summed E-state index contributed by atoms with van der Waals surface area (Å²) in [5.74, 6) is 4.72. The monoisotopic (exact) mass is 287 g/mol. The van der Waals surface area contributed by atoms with Crippen LogP contribution in [0.15, 0.2) is 4.52 Å². The minimum atomic E-state index is 0.0492. The Labute approximate surface area is 126 Å². The lowest BCUT2D eigenvalue weighted by Gasteiger charge is -2.55. The van der Waals surface area contributed by atoms with Gasteiger partial charge in [0.1, 0.15) is 0 Å². The van der Waals surface area contributed by atoms with E-state index in [4.69, 9.17) is 9.51 Å². The second kappa shape index (κ2) is 4.09. The van der Waals surface area contributed by atoms with Crippen molar-refractivity contribution in [1.29, 1.82) is 0 Å². The summed E-state index contributed by atoms with van der Waals surface area (Å²) in [4.78, 5) is 4.94. The van der Waals surface area contributed by atoms with Crippen LogP contribution in [0.5, 0.6) is 0 Å². The Morgan fingerprint density at radius 1 is 1.10 bits per heavy atom. The van der Waals surface area contributed by atoms with Gasteiger partial charge in [0, 0.05) is 12.0 Å². The molecule has 1 aromatic rings. The summed E-state index contributed by atoms with van der Waals surface area (Å²) in [6.07, 6.45) is 9.44. The normalized spacial score (nSPS) is 48.1. The fourth-order valence-corrected chi connectivity index (χ4v) is 6.07. The smallest absolute Gasteiger partial charge is 0.233 e. The molecule has 1 N–H and O–H groups in total. The first-order valence-corrected chi connectivity index (χ1v) is 8.71. The molecule has 21 heavy (non-hydrogen) atoms. The summed E-state index contributed by atoms with van der Waals surface area (Å²) in [7, 11) is 0. The van der Waals surface area contributed by atoms with Crippen LogP contribution in [0.2, 0.25) is 0 Å². The molecular formula is C17H25N3O. The van der Waals surface area contributed by atoms with Crippen molar-refractivity contribution in [3.05, 3.63) is 11.7 Å². The number of rotatable bonds is 2. The molecule has 1 atom stereocenters. The zero-order valence-electron chi connectivity index (χ0n) is 12.9. The summed E-state index contributed by atoms with van der Waals surface area (Å²) in [6, 6.07) is 0. The first kappa shape index (κ1) is 12.6. The Morgan fingerprint density at radius 2 is 1.76 bits per heavy atom. The van der Waals surface area contributed by atoms with Crippen molar-refractivity contribution in [1.82, 2.24) is 15.5 Å². The molecule has 4 heteroatoms. The van der Waals surface area contributed by atoms with Crippen LogP contribution in [0.4, 0.5) is 0 Å². The molecule has 4 aliphatic carbocycles. The van der Waals surface area contributed by atoms with Gasteiger partial charge in [-0.25, -0.2) is 0 Å². The van der Waals surface area contributed by atoms with Crippen LogP contribution >= 0.6 is 0 Å². The SMILES string of the molecule is CC1(c2nc(C34CC5CC(CC(C5)C3)C4)no2)CCNC1. The van der Waals surface area contributed by atoms with E-state index in [1.807, 2.05) is 0 Å². The van der Waals surface area contributed by atoms with Crippen LogP contribution in [0, 0.1) is 17.8 Å². The van der Waals surface area contributed by atoms with Crippen LogP contribution < -0.4 is 5.32 Å². The largest absolute Gasteiger partial charge is 0.339 e. The highest BCUT2D eigenvalue weighted by atomic mass is 16.5. The predicted molar refractivity (Wildman–Crippen MR) is 79.0 cm³/mol. The van der Waals surface area contributed by atoms with Crippen molar-refractivity contribution in [2.24, 2.45) is 17.8 Å². The van der Waals surface area contributed by atoms with E-state index in [9.17, 15) is 0 Å². The fraction of sp³-hybridized carbons (Fsp3) is 0.882. The van der Waals surface area contributed by atoms with Gasteiger partial charge in [0.25, 0.3) is 0 Å². The summed E-state index contributed by atoms with van der Waals surface area (Å²) in [6.45, 7) is 4.28. The molecule has 1 aromatic heterocycles. The maximum absolute atomic E-state index is 5.74. The van der Waals surface area contributed by atoms with Crippen LogP contribution in [-0.2, 0) is 10.8 Å². The maximum Gasteiger partial charge on any atom is 0.233 e. The van der Waals surface area contributed by atoms with Gasteiger partial charge in [-0.1, -0.05) is 5.16 Å². The minimum Gasteiger partial charge on any atom is -0.339 e. The molecule has 4 saturated carbocycles. The van der Waals surface area contributed by atoms with Gasteiger partial charge in [-0.05, 0) is 76.2 Å². The van der Waals surface area contributed by atoms with Gasteiger partial charge in [0.15, 0.2) is 5.82 Å². The Morgan fingerprint density at radius 3 is 2.33 bits per heavy atom. The molecule has 5 aliphatic rings. The summed E-state index contributed by atoms with van der Waals surface area (Å²) in [5.41, 5.74) is 0.312. The van der Waals surface area contributed by atoms with E-state index >= 15 is 0 Å². The molecule has 0 aromatic carbocycles. The van der Waals surface area contributed by atoms with E-state index in [2.05, 4.69) is 17.4 Å². The van der Waals surface area contributed by atoms with Gasteiger partial charge in [-0.15, -0.1) is 0 Å². The summed E-state index contributed by atoms with van der Waals surface area (Å²) in [5, 5.41) is 7.91. The van der Waals surface area contributed by atoms with Crippen molar-refractivity contribution in [2.45, 2.75) is 62.7 Å². The van der Waals surface area contributed by atoms with Crippen molar-refractivity contribution < 1.29 is 4.52 Å². The van der Waals surface area contributed by atoms with Gasteiger partial charge in [-0.2, -0.15) is 4.98 Å². The van der Waals surface area contributed by atoms with E-state index in [0.29, 0.717) is 0 Å². The average molecular weight is 287 g/mol. The topological polar surface area (TPSA) is 51.0 Å². The van der Waals surface area contributed by atoms with Gasteiger partial charge >= 0.3 is 0 Å². The Balaban J connectivity index is 1.49. The number of hydrogen-bond acceptors (Lipinski definition) is 4. The van der Waals surface area contributed by atoms with Crippen LogP contribution in [-0.4, -0.2) is 23.2 Å². The third-order valence-electron chi connectivity index (χ3n) is 6.82. The molecule has 4 bridgehead atoms. The summed E-state index contributed by atoms with van der Waals surface area (Å²) < 4.78 is 5.74. The second-order valence-electron chi connectivity index (χ2n) is 8.61. The molecule has 0 radical (unpaired) electrons. The van der Waals surface area contributed by atoms with Gasteiger partial charge < -0.3 is 9.84 Å². The zero-order valence-corrected chi connectivity index (χ0v) is 12.9. The molecule has 114 valence electrons. The van der Waals surface area contributed by atoms with Gasteiger partial charge in [0.2, 0.25) is 5.89 Å². The first-order chi connectivity index (χ1) is 10.2. The molecule has 6 rings (SSSR count). The highest BCUT2D eigenvalue weighted by Crippen LogP contribution is 2.60. The summed E-state index contributed by atoms with van der Waals surface area (Å²) >= 11 is 0. The van der Waals surface area contributed by atoms with Gasteiger partial charge in [0.05, 0.1) is 5.41 Å². The van der Waals surface area contributed by atoms with Crippen LogP contribution in [0.3, 0.4) is 0 Å². The van der Waals surface area contributed by atoms with Crippen LogP contribution in [0.1, 0.15) is 63.6 Å². The lowest BCUT2D eigenvalue weighted by Crippen LogP contribution is -2.49. The number of aromatic nitrogens is 2. The molecule has 0 spiro atoms. The quantitative estimate of drug-likeness (QED) is 0.908. The number of nitrogens with one attached hydrogen (secondary N) is 1. The van der Waals surface area contributed by atoms with Crippen LogP contribution in [0.25, 0.3) is 0 Å². The van der Waals surface area contributed by atoms with E-state index < -0.39 is 0 Å². The van der Waals surface area contributed by atoms with E-state index in [1.165, 1.54) is 38.5 Å². The van der Waals surface area contributed by atoms with Crippen molar-refractivity contribution in [3.63, 3.8) is 0 Å². The molecule has 0 amide bonds. The molecule has 1 aliphatic heterocycles. The Bertz CT molecular complexity index is 523. The Kier molecular flexibility index (Phi) is 2.46. The molecule has 4 nitrogen and oxygen atoms in total. The maximum atomic E-state index is 5.74. The molecular weight excluding hydrogens is 262 g/mol. The molecule has 1 unspecified atom stereocenters. The highest BCUT2D eigenvalue weighted by Gasteiger charge is 2.54. The van der Waals surface area contributed by atoms with Crippen molar-refractivity contribution in [2.75, 3.05) is 13.1 Å². The second-order valence-corrected chi connectivity index (χ2v) is 8.61. The van der Waals surface area contributed by atoms with E-state index in [-0.39, 0.29) is 10.8 Å². The van der Waals surface area contributed by atoms with Crippen molar-refractivity contribution >= 4 is 0 Å². The lowest BCUT2D eigenvalue weighted by molar-refractivity contribution is -0.0103. The van der Waals surface area contributed by atoms with E-state index in [1.54, 1.807) is 0 Å². The minimum absolute atomic E-state index is 0.0492. The lowest BCUT2D eigenvalue weighted by atomic mass is 9.49. The van der Waals surface area contributed by atoms with Crippen molar-refractivity contribution in [3.8, 4) is 0 Å². The zero-order chi connectivity index (χ0) is 14.1. The highest BCUT2D eigenvalue weighted by molar-refractivity contribution is 5.18. The fourth-order valence-electron chi connectivity index (χ4n) is 6.07. The number of nitrogens with zero attached hydrogens (tertiary/aromatic N) is 2. The molecule has 5 fully saturated rings.